The summed E-state index contributed by atoms with van der Waals surface area (Å²) in [7, 11) is -3.94. The van der Waals surface area contributed by atoms with E-state index in [2.05, 4.69) is 16.3 Å². The highest BCUT2D eigenvalue weighted by Crippen LogP contribution is 2.35. The Labute approximate surface area is 176 Å². The third-order valence-electron chi connectivity index (χ3n) is 3.77. The number of hydrogen-bond donors (Lipinski definition) is 1. The molecule has 0 atom stereocenters. The summed E-state index contributed by atoms with van der Waals surface area (Å²) in [4.78, 5) is 17.7. The smallest absolute Gasteiger partial charge is 0.261 e. The van der Waals surface area contributed by atoms with Gasteiger partial charge in [0.05, 0.1) is 22.0 Å². The van der Waals surface area contributed by atoms with Crippen LogP contribution in [0.3, 0.4) is 0 Å². The van der Waals surface area contributed by atoms with Crippen molar-refractivity contribution in [2.24, 2.45) is 0 Å². The molecule has 0 unspecified atom stereocenters. The molecule has 1 aromatic carbocycles. The van der Waals surface area contributed by atoms with Crippen LogP contribution in [-0.2, 0) is 14.8 Å². The van der Waals surface area contributed by atoms with Gasteiger partial charge in [-0.2, -0.15) is 0 Å². The zero-order valence-corrected chi connectivity index (χ0v) is 18.0. The Morgan fingerprint density at radius 1 is 1.14 bits per heavy atom. The highest BCUT2D eigenvalue weighted by atomic mass is 35.5. The molecule has 6 nitrogen and oxygen atoms in total. The summed E-state index contributed by atoms with van der Waals surface area (Å²) < 4.78 is 28.3. The van der Waals surface area contributed by atoms with Crippen molar-refractivity contribution < 1.29 is 13.2 Å². The molecule has 8 heteroatoms. The molecule has 0 fully saturated rings. The first-order chi connectivity index (χ1) is 13.7. The van der Waals surface area contributed by atoms with Crippen LogP contribution >= 0.6 is 11.6 Å². The van der Waals surface area contributed by atoms with Crippen LogP contribution < -0.4 is 9.62 Å². The third-order valence-corrected chi connectivity index (χ3v) is 5.42. The zero-order valence-electron chi connectivity index (χ0n) is 16.4. The first-order valence-corrected chi connectivity index (χ1v) is 10.5. The topological polar surface area (TPSA) is 79.4 Å². The SMILES string of the molecule is C=C/C(=C\C=C(C)C)S(=O)(=O)Nc1ccc(Cl)cc1N(C(C)=O)c1ccncc1. The van der Waals surface area contributed by atoms with Crippen LogP contribution in [0.5, 0.6) is 0 Å². The van der Waals surface area contributed by atoms with Gasteiger partial charge in [0, 0.05) is 24.3 Å². The van der Waals surface area contributed by atoms with E-state index >= 15 is 0 Å². The zero-order chi connectivity index (χ0) is 21.6. The van der Waals surface area contributed by atoms with E-state index in [0.717, 1.165) is 5.57 Å². The van der Waals surface area contributed by atoms with Crippen LogP contribution in [0.25, 0.3) is 0 Å². The van der Waals surface area contributed by atoms with Crippen molar-refractivity contribution >= 4 is 44.6 Å². The van der Waals surface area contributed by atoms with Crippen molar-refractivity contribution in [2.75, 3.05) is 9.62 Å². The average molecular weight is 432 g/mol. The predicted molar refractivity (Wildman–Crippen MR) is 119 cm³/mol. The van der Waals surface area contributed by atoms with E-state index in [0.29, 0.717) is 16.4 Å². The second kappa shape index (κ2) is 9.54. The first kappa shape index (κ1) is 22.4. The number of aromatic nitrogens is 1. The number of carbonyl (C=O) groups is 1. The summed E-state index contributed by atoms with van der Waals surface area (Å²) in [5.74, 6) is -0.317. The van der Waals surface area contributed by atoms with Crippen LogP contribution in [0, 0.1) is 0 Å². The lowest BCUT2D eigenvalue weighted by Crippen LogP contribution is -2.25. The molecular formula is C21H22ClN3O3S. The summed E-state index contributed by atoms with van der Waals surface area (Å²) in [5, 5.41) is 0.354. The van der Waals surface area contributed by atoms with Crippen molar-refractivity contribution in [1.82, 2.24) is 4.98 Å². The number of nitrogens with zero attached hydrogens (tertiary/aromatic N) is 2. The summed E-state index contributed by atoms with van der Waals surface area (Å²) in [6, 6.07) is 7.86. The molecular weight excluding hydrogens is 410 g/mol. The molecule has 2 aromatic rings. The largest absolute Gasteiger partial charge is 0.279 e. The van der Waals surface area contributed by atoms with Gasteiger partial charge in [0.2, 0.25) is 5.91 Å². The highest BCUT2D eigenvalue weighted by molar-refractivity contribution is 7.96. The van der Waals surface area contributed by atoms with E-state index < -0.39 is 10.0 Å². The molecule has 152 valence electrons. The number of nitrogens with one attached hydrogen (secondary N) is 1. The number of pyridine rings is 1. The average Bonchev–Trinajstić information content (AvgIpc) is 2.64. The Morgan fingerprint density at radius 3 is 2.34 bits per heavy atom. The number of rotatable bonds is 7. The molecule has 0 spiro atoms. The Morgan fingerprint density at radius 2 is 1.79 bits per heavy atom. The second-order valence-electron chi connectivity index (χ2n) is 6.34. The van der Waals surface area contributed by atoms with E-state index in [9.17, 15) is 13.2 Å². The molecule has 0 aliphatic carbocycles. The van der Waals surface area contributed by atoms with Gasteiger partial charge >= 0.3 is 0 Å². The fraction of sp³-hybridized carbons (Fsp3) is 0.143. The predicted octanol–water partition coefficient (Wildman–Crippen LogP) is 5.20. The molecule has 1 N–H and O–H groups in total. The van der Waals surface area contributed by atoms with Gasteiger partial charge in [0.15, 0.2) is 0 Å². The van der Waals surface area contributed by atoms with Crippen molar-refractivity contribution in [3.63, 3.8) is 0 Å². The molecule has 2 rings (SSSR count). The minimum atomic E-state index is -3.94. The number of amides is 1. The van der Waals surface area contributed by atoms with E-state index in [4.69, 9.17) is 11.6 Å². The van der Waals surface area contributed by atoms with Gasteiger partial charge < -0.3 is 0 Å². The van der Waals surface area contributed by atoms with Crippen molar-refractivity contribution in [3.8, 4) is 0 Å². The van der Waals surface area contributed by atoms with E-state index in [-0.39, 0.29) is 16.5 Å². The normalized spacial score (nSPS) is 11.5. The molecule has 0 aliphatic rings. The standard InChI is InChI=1S/C21H22ClN3O3S/c1-5-19(8-6-15(2)3)29(27,28)24-20-9-7-17(22)14-21(20)25(16(4)26)18-10-12-23-13-11-18/h5-14,24H,1H2,2-4H3/b19-8+. The van der Waals surface area contributed by atoms with Crippen LogP contribution in [0.4, 0.5) is 17.1 Å². The number of benzene rings is 1. The molecule has 0 radical (unpaired) electrons. The van der Waals surface area contributed by atoms with Crippen LogP contribution in [0.1, 0.15) is 20.8 Å². The molecule has 0 bridgehead atoms. The van der Waals surface area contributed by atoms with Gasteiger partial charge in [-0.05, 0) is 56.3 Å². The highest BCUT2D eigenvalue weighted by Gasteiger charge is 2.22. The molecule has 0 saturated heterocycles. The molecule has 1 aromatic heterocycles. The maximum absolute atomic E-state index is 12.9. The fourth-order valence-electron chi connectivity index (χ4n) is 2.48. The van der Waals surface area contributed by atoms with E-state index in [1.54, 1.807) is 24.3 Å². The van der Waals surface area contributed by atoms with Gasteiger partial charge in [0.25, 0.3) is 10.0 Å². The van der Waals surface area contributed by atoms with Crippen LogP contribution in [-0.4, -0.2) is 19.3 Å². The Kier molecular flexibility index (Phi) is 7.36. The van der Waals surface area contributed by atoms with Gasteiger partial charge in [-0.25, -0.2) is 8.42 Å². The minimum absolute atomic E-state index is 0.00196. The number of sulfonamides is 1. The van der Waals surface area contributed by atoms with Crippen molar-refractivity contribution in [3.05, 3.63) is 83.0 Å². The van der Waals surface area contributed by atoms with E-state index in [1.165, 1.54) is 48.5 Å². The first-order valence-electron chi connectivity index (χ1n) is 8.66. The number of hydrogen-bond acceptors (Lipinski definition) is 4. The van der Waals surface area contributed by atoms with Gasteiger partial charge in [-0.3, -0.25) is 19.4 Å². The van der Waals surface area contributed by atoms with Crippen LogP contribution in [0.15, 0.2) is 78.0 Å². The molecule has 0 saturated carbocycles. The summed E-state index contributed by atoms with van der Waals surface area (Å²) in [6.07, 6.45) is 7.47. The molecule has 29 heavy (non-hydrogen) atoms. The quantitative estimate of drug-likeness (QED) is 0.611. The van der Waals surface area contributed by atoms with Gasteiger partial charge in [-0.1, -0.05) is 29.8 Å². The maximum atomic E-state index is 12.9. The number of anilines is 3. The van der Waals surface area contributed by atoms with E-state index in [1.807, 2.05) is 13.8 Å². The summed E-state index contributed by atoms with van der Waals surface area (Å²) >= 11 is 6.14. The number of allylic oxidation sites excluding steroid dienone is 4. The molecule has 1 amide bonds. The van der Waals surface area contributed by atoms with Crippen molar-refractivity contribution in [1.29, 1.82) is 0 Å². The Bertz CT molecular complexity index is 1070. The van der Waals surface area contributed by atoms with Gasteiger partial charge in [-0.15, -0.1) is 0 Å². The molecule has 0 aliphatic heterocycles. The number of carbonyl (C=O) groups excluding carboxylic acids is 1. The van der Waals surface area contributed by atoms with Crippen LogP contribution in [0.2, 0.25) is 5.02 Å². The molecule has 1 heterocycles. The fourth-order valence-corrected chi connectivity index (χ4v) is 3.69. The second-order valence-corrected chi connectivity index (χ2v) is 8.46. The van der Waals surface area contributed by atoms with Crippen molar-refractivity contribution in [2.45, 2.75) is 20.8 Å². The summed E-state index contributed by atoms with van der Waals surface area (Å²) in [6.45, 7) is 8.67. The Hall–Kier alpha value is -2.90. The lowest BCUT2D eigenvalue weighted by molar-refractivity contribution is -0.115. The maximum Gasteiger partial charge on any atom is 0.261 e. The monoisotopic (exact) mass is 431 g/mol. The minimum Gasteiger partial charge on any atom is -0.279 e. The van der Waals surface area contributed by atoms with Gasteiger partial charge in [0.1, 0.15) is 0 Å². The lowest BCUT2D eigenvalue weighted by Gasteiger charge is -2.24. The number of halogens is 1. The summed E-state index contributed by atoms with van der Waals surface area (Å²) in [5.41, 5.74) is 1.96. The third kappa shape index (κ3) is 5.79. The Balaban J connectivity index is 2.58. The lowest BCUT2D eigenvalue weighted by atomic mass is 10.2.